The fourth-order valence-electron chi connectivity index (χ4n) is 3.17. The predicted molar refractivity (Wildman–Crippen MR) is 103 cm³/mol. The quantitative estimate of drug-likeness (QED) is 0.662. The Morgan fingerprint density at radius 1 is 0.741 bits per heavy atom. The maximum absolute atomic E-state index is 11.1. The Hall–Kier alpha value is -2.44. The average Bonchev–Trinajstić information content (AvgIpc) is 2.72. The van der Waals surface area contributed by atoms with Crippen LogP contribution in [0.15, 0.2) is 36.4 Å². The molecule has 0 unspecified atom stereocenters. The first-order chi connectivity index (χ1) is 13.1. The van der Waals surface area contributed by atoms with Gasteiger partial charge in [-0.15, -0.1) is 0 Å². The van der Waals surface area contributed by atoms with Gasteiger partial charge in [0, 0.05) is 12.5 Å². The molecule has 0 saturated heterocycles. The smallest absolute Gasteiger partial charge is 0.161 e. The van der Waals surface area contributed by atoms with Gasteiger partial charge in [0.05, 0.1) is 34.5 Å². The SMILES string of the molecule is COc1ccc([C@@H](CCCO)[C@@H](O)c2ccc(OC)c(OC)c2)cc1OC. The highest BCUT2D eigenvalue weighted by Crippen LogP contribution is 2.40. The summed E-state index contributed by atoms with van der Waals surface area (Å²) in [7, 11) is 6.29. The molecule has 0 saturated carbocycles. The number of methoxy groups -OCH3 is 4. The summed E-state index contributed by atoms with van der Waals surface area (Å²) in [4.78, 5) is 0. The molecule has 2 atom stereocenters. The molecule has 148 valence electrons. The van der Waals surface area contributed by atoms with Crippen LogP contribution in [0.5, 0.6) is 23.0 Å². The van der Waals surface area contributed by atoms with Gasteiger partial charge >= 0.3 is 0 Å². The van der Waals surface area contributed by atoms with E-state index in [2.05, 4.69) is 0 Å². The van der Waals surface area contributed by atoms with E-state index in [-0.39, 0.29) is 12.5 Å². The molecule has 0 aliphatic carbocycles. The van der Waals surface area contributed by atoms with Gasteiger partial charge in [0.1, 0.15) is 0 Å². The van der Waals surface area contributed by atoms with Gasteiger partial charge in [-0.1, -0.05) is 12.1 Å². The molecule has 2 aromatic carbocycles. The fraction of sp³-hybridized carbons (Fsp3) is 0.429. The second-order valence-corrected chi connectivity index (χ2v) is 6.15. The molecule has 0 bridgehead atoms. The highest BCUT2D eigenvalue weighted by molar-refractivity contribution is 5.46. The Morgan fingerprint density at radius 3 is 1.70 bits per heavy atom. The number of ether oxygens (including phenoxy) is 4. The van der Waals surface area contributed by atoms with Crippen LogP contribution >= 0.6 is 0 Å². The lowest BCUT2D eigenvalue weighted by Crippen LogP contribution is -2.12. The van der Waals surface area contributed by atoms with E-state index in [0.717, 1.165) is 5.56 Å². The van der Waals surface area contributed by atoms with Gasteiger partial charge in [0.15, 0.2) is 23.0 Å². The molecular formula is C21H28O6. The summed E-state index contributed by atoms with van der Waals surface area (Å²) < 4.78 is 21.3. The van der Waals surface area contributed by atoms with Crippen LogP contribution in [-0.4, -0.2) is 45.3 Å². The molecule has 2 rings (SSSR count). The van der Waals surface area contributed by atoms with E-state index in [1.165, 1.54) is 0 Å². The van der Waals surface area contributed by atoms with Crippen molar-refractivity contribution in [3.8, 4) is 23.0 Å². The molecule has 0 amide bonds. The summed E-state index contributed by atoms with van der Waals surface area (Å²) in [6.45, 7) is 0.0580. The molecule has 0 spiro atoms. The Morgan fingerprint density at radius 2 is 1.22 bits per heavy atom. The summed E-state index contributed by atoms with van der Waals surface area (Å²) >= 11 is 0. The van der Waals surface area contributed by atoms with Gasteiger partial charge in [-0.05, 0) is 48.2 Å². The van der Waals surface area contributed by atoms with Gasteiger partial charge in [0.25, 0.3) is 0 Å². The first kappa shape index (κ1) is 20.9. The predicted octanol–water partition coefficient (Wildman–Crippen LogP) is 3.31. The maximum Gasteiger partial charge on any atom is 0.161 e. The van der Waals surface area contributed by atoms with Crippen LogP contribution in [0.25, 0.3) is 0 Å². The first-order valence-electron chi connectivity index (χ1n) is 8.82. The molecular weight excluding hydrogens is 348 g/mol. The van der Waals surface area contributed by atoms with Crippen molar-refractivity contribution < 1.29 is 29.2 Å². The van der Waals surface area contributed by atoms with E-state index in [4.69, 9.17) is 18.9 Å². The number of aliphatic hydroxyl groups excluding tert-OH is 2. The molecule has 0 aromatic heterocycles. The number of hydrogen-bond acceptors (Lipinski definition) is 6. The molecule has 0 fully saturated rings. The summed E-state index contributed by atoms with van der Waals surface area (Å²) in [5.74, 6) is 2.16. The maximum atomic E-state index is 11.1. The van der Waals surface area contributed by atoms with Crippen LogP contribution in [0, 0.1) is 0 Å². The minimum absolute atomic E-state index is 0.0580. The standard InChI is InChI=1S/C21H28O6/c1-24-17-9-7-14(12-19(17)26-3)16(6-5-11-22)21(23)15-8-10-18(25-2)20(13-15)27-4/h7-10,12-13,16,21-23H,5-6,11H2,1-4H3/t16-,21+/m1/s1. The molecule has 0 radical (unpaired) electrons. The van der Waals surface area contributed by atoms with Crippen molar-refractivity contribution in [2.45, 2.75) is 24.9 Å². The van der Waals surface area contributed by atoms with Crippen LogP contribution in [-0.2, 0) is 0 Å². The monoisotopic (exact) mass is 376 g/mol. The average molecular weight is 376 g/mol. The van der Waals surface area contributed by atoms with Crippen LogP contribution in [0.3, 0.4) is 0 Å². The van der Waals surface area contributed by atoms with Crippen molar-refractivity contribution in [3.63, 3.8) is 0 Å². The number of rotatable bonds is 10. The lowest BCUT2D eigenvalue weighted by Gasteiger charge is -2.25. The fourth-order valence-corrected chi connectivity index (χ4v) is 3.17. The van der Waals surface area contributed by atoms with Gasteiger partial charge in [-0.25, -0.2) is 0 Å². The zero-order chi connectivity index (χ0) is 19.8. The van der Waals surface area contributed by atoms with E-state index in [1.54, 1.807) is 40.6 Å². The first-order valence-corrected chi connectivity index (χ1v) is 8.82. The Kier molecular flexibility index (Phi) is 7.76. The number of aliphatic hydroxyl groups is 2. The molecule has 6 nitrogen and oxygen atoms in total. The Bertz CT molecular complexity index is 731. The second kappa shape index (κ2) is 10.0. The van der Waals surface area contributed by atoms with Crippen molar-refractivity contribution in [1.82, 2.24) is 0 Å². The largest absolute Gasteiger partial charge is 0.493 e. The van der Waals surface area contributed by atoms with Crippen molar-refractivity contribution in [2.75, 3.05) is 35.0 Å². The normalized spacial score (nSPS) is 13.0. The molecule has 0 heterocycles. The molecule has 6 heteroatoms. The van der Waals surface area contributed by atoms with Gasteiger partial charge in [0.2, 0.25) is 0 Å². The van der Waals surface area contributed by atoms with E-state index < -0.39 is 6.10 Å². The van der Waals surface area contributed by atoms with E-state index in [0.29, 0.717) is 41.4 Å². The third kappa shape index (κ3) is 4.84. The summed E-state index contributed by atoms with van der Waals surface area (Å²) in [6.07, 6.45) is 0.402. The third-order valence-electron chi connectivity index (χ3n) is 4.64. The molecule has 2 aromatic rings. The summed E-state index contributed by atoms with van der Waals surface area (Å²) in [5, 5.41) is 20.4. The van der Waals surface area contributed by atoms with Crippen molar-refractivity contribution in [1.29, 1.82) is 0 Å². The van der Waals surface area contributed by atoms with E-state index in [1.807, 2.05) is 24.3 Å². The van der Waals surface area contributed by atoms with E-state index in [9.17, 15) is 10.2 Å². The molecule has 27 heavy (non-hydrogen) atoms. The zero-order valence-electron chi connectivity index (χ0n) is 16.3. The number of hydrogen-bond donors (Lipinski definition) is 2. The van der Waals surface area contributed by atoms with Gasteiger partial charge in [-0.3, -0.25) is 0 Å². The van der Waals surface area contributed by atoms with Gasteiger partial charge < -0.3 is 29.2 Å². The van der Waals surface area contributed by atoms with Crippen molar-refractivity contribution in [2.24, 2.45) is 0 Å². The van der Waals surface area contributed by atoms with E-state index >= 15 is 0 Å². The molecule has 0 aliphatic rings. The second-order valence-electron chi connectivity index (χ2n) is 6.15. The highest BCUT2D eigenvalue weighted by Gasteiger charge is 2.25. The third-order valence-corrected chi connectivity index (χ3v) is 4.64. The topological polar surface area (TPSA) is 77.4 Å². The summed E-state index contributed by atoms with van der Waals surface area (Å²) in [6, 6.07) is 11.0. The summed E-state index contributed by atoms with van der Waals surface area (Å²) in [5.41, 5.74) is 1.62. The Labute approximate surface area is 160 Å². The van der Waals surface area contributed by atoms with Crippen molar-refractivity contribution >= 4 is 0 Å². The Balaban J connectivity index is 2.40. The number of benzene rings is 2. The molecule has 2 N–H and O–H groups in total. The van der Waals surface area contributed by atoms with Crippen LogP contribution < -0.4 is 18.9 Å². The minimum Gasteiger partial charge on any atom is -0.493 e. The van der Waals surface area contributed by atoms with Crippen molar-refractivity contribution in [3.05, 3.63) is 47.5 Å². The van der Waals surface area contributed by atoms with Crippen LogP contribution in [0.2, 0.25) is 0 Å². The van der Waals surface area contributed by atoms with Crippen LogP contribution in [0.4, 0.5) is 0 Å². The van der Waals surface area contributed by atoms with Crippen LogP contribution in [0.1, 0.15) is 36.0 Å². The lowest BCUT2D eigenvalue weighted by atomic mass is 9.85. The molecule has 0 aliphatic heterocycles. The lowest BCUT2D eigenvalue weighted by molar-refractivity contribution is 0.134. The minimum atomic E-state index is -0.783. The van der Waals surface area contributed by atoms with Gasteiger partial charge in [-0.2, -0.15) is 0 Å². The highest BCUT2D eigenvalue weighted by atomic mass is 16.5. The zero-order valence-corrected chi connectivity index (χ0v) is 16.3.